The minimum atomic E-state index is -2.62. The number of nitrogens with one attached hydrogen (secondary N) is 1. The molecular weight excluding hydrogens is 478 g/mol. The van der Waals surface area contributed by atoms with Crippen LogP contribution >= 0.6 is 0 Å². The van der Waals surface area contributed by atoms with Gasteiger partial charge in [0.1, 0.15) is 11.4 Å². The van der Waals surface area contributed by atoms with Crippen LogP contribution in [0.25, 0.3) is 0 Å². The Hall–Kier alpha value is -2.78. The number of alkyl halides is 2. The first-order valence-corrected chi connectivity index (χ1v) is 13.1. The van der Waals surface area contributed by atoms with Crippen LogP contribution in [-0.2, 0) is 5.60 Å². The summed E-state index contributed by atoms with van der Waals surface area (Å²) in [6.07, 6.45) is 4.24. The summed E-state index contributed by atoms with van der Waals surface area (Å²) in [4.78, 5) is 22.2. The number of hydrogen-bond acceptors (Lipinski definition) is 6. The number of halogens is 2. The van der Waals surface area contributed by atoms with E-state index in [2.05, 4.69) is 15.2 Å². The topological polar surface area (TPSA) is 88.9 Å². The third kappa shape index (κ3) is 5.57. The smallest absolute Gasteiger partial charge is 0.259 e. The van der Waals surface area contributed by atoms with E-state index in [1.807, 2.05) is 30.0 Å². The molecule has 37 heavy (non-hydrogen) atoms. The molecule has 1 aromatic carbocycles. The Balaban J connectivity index is 1.40. The van der Waals surface area contributed by atoms with E-state index in [1.54, 1.807) is 12.1 Å². The largest absolute Gasteiger partial charge is 0.393 e. The number of anilines is 3. The Morgan fingerprint density at radius 1 is 1.03 bits per heavy atom. The van der Waals surface area contributed by atoms with Crippen molar-refractivity contribution in [2.24, 2.45) is 5.41 Å². The molecule has 0 unspecified atom stereocenters. The van der Waals surface area contributed by atoms with E-state index in [1.165, 1.54) is 19.8 Å². The number of hydrogen-bond donors (Lipinski definition) is 3. The molecule has 0 bridgehead atoms. The average Bonchev–Trinajstić information content (AvgIpc) is 3.62. The number of nitrogens with zero attached hydrogens (tertiary/aromatic N) is 3. The van der Waals surface area contributed by atoms with Gasteiger partial charge in [0.2, 0.25) is 0 Å². The predicted molar refractivity (Wildman–Crippen MR) is 140 cm³/mol. The first-order valence-electron chi connectivity index (χ1n) is 13.1. The number of piperidine rings is 2. The summed E-state index contributed by atoms with van der Waals surface area (Å²) in [6, 6.07) is 8.86. The Labute approximate surface area is 216 Å². The Morgan fingerprint density at radius 3 is 2.30 bits per heavy atom. The minimum absolute atomic E-state index is 0.182. The molecule has 3 fully saturated rings. The summed E-state index contributed by atoms with van der Waals surface area (Å²) in [5.74, 6) is -2.45. The summed E-state index contributed by atoms with van der Waals surface area (Å²) in [5.41, 5.74) is 1.95. The maximum Gasteiger partial charge on any atom is 0.259 e. The van der Waals surface area contributed by atoms with Crippen molar-refractivity contribution in [2.75, 3.05) is 47.9 Å². The second-order valence-corrected chi connectivity index (χ2v) is 11.3. The zero-order valence-corrected chi connectivity index (χ0v) is 21.6. The summed E-state index contributed by atoms with van der Waals surface area (Å²) >= 11 is 0. The lowest BCUT2D eigenvalue weighted by molar-refractivity contribution is -0.0220. The molecule has 3 heterocycles. The van der Waals surface area contributed by atoms with Crippen LogP contribution < -0.4 is 15.1 Å². The first kappa shape index (κ1) is 25.9. The van der Waals surface area contributed by atoms with Gasteiger partial charge in [-0.2, -0.15) is 0 Å². The molecule has 0 radical (unpaired) electrons. The van der Waals surface area contributed by atoms with E-state index in [0.29, 0.717) is 28.2 Å². The molecular formula is C28H36F2N4O3. The summed E-state index contributed by atoms with van der Waals surface area (Å²) < 4.78 is 27.3. The monoisotopic (exact) mass is 514 g/mol. The first-order chi connectivity index (χ1) is 17.5. The number of carbonyl (C=O) groups excluding carboxylic acids is 1. The summed E-state index contributed by atoms with van der Waals surface area (Å²) in [6.45, 7) is 5.03. The SMILES string of the molecule is Cc1cc(NC(=O)c2ccc([C@](C)(O)CO)nc2N2CCC3(CC2)CC3)cc(N2CCC(F)(F)CC2)c1. The van der Waals surface area contributed by atoms with E-state index in [4.69, 9.17) is 0 Å². The second-order valence-electron chi connectivity index (χ2n) is 11.3. The molecule has 200 valence electrons. The Kier molecular flexibility index (Phi) is 6.64. The summed E-state index contributed by atoms with van der Waals surface area (Å²) in [7, 11) is 0. The number of carbonyl (C=O) groups is 1. The fourth-order valence-electron chi connectivity index (χ4n) is 5.43. The normalized spacial score (nSPS) is 22.0. The van der Waals surface area contributed by atoms with Gasteiger partial charge in [0.25, 0.3) is 11.8 Å². The van der Waals surface area contributed by atoms with Crippen molar-refractivity contribution < 1.29 is 23.8 Å². The van der Waals surface area contributed by atoms with Crippen LogP contribution in [0.15, 0.2) is 30.3 Å². The van der Waals surface area contributed by atoms with E-state index < -0.39 is 18.1 Å². The average molecular weight is 515 g/mol. The van der Waals surface area contributed by atoms with Gasteiger partial charge in [0.05, 0.1) is 17.9 Å². The number of aliphatic hydroxyl groups excluding tert-OH is 1. The molecule has 2 aromatic rings. The molecule has 2 aliphatic heterocycles. The fourth-order valence-corrected chi connectivity index (χ4v) is 5.43. The van der Waals surface area contributed by atoms with Crippen molar-refractivity contribution in [1.29, 1.82) is 0 Å². The third-order valence-electron chi connectivity index (χ3n) is 8.24. The number of aromatic nitrogens is 1. The van der Waals surface area contributed by atoms with Gasteiger partial charge in [-0.25, -0.2) is 13.8 Å². The summed E-state index contributed by atoms with van der Waals surface area (Å²) in [5, 5.41) is 23.3. The van der Waals surface area contributed by atoms with Crippen LogP contribution in [0.1, 0.15) is 67.1 Å². The van der Waals surface area contributed by atoms with Gasteiger partial charge in [0, 0.05) is 50.4 Å². The van der Waals surface area contributed by atoms with Crippen LogP contribution in [-0.4, -0.2) is 59.8 Å². The lowest BCUT2D eigenvalue weighted by atomic mass is 9.93. The van der Waals surface area contributed by atoms with Gasteiger partial charge in [-0.3, -0.25) is 4.79 Å². The fraction of sp³-hybridized carbons (Fsp3) is 0.571. The highest BCUT2D eigenvalue weighted by atomic mass is 19.3. The number of aryl methyl sites for hydroxylation is 1. The van der Waals surface area contributed by atoms with Crippen LogP contribution in [0.2, 0.25) is 0 Å². The molecule has 1 saturated carbocycles. The zero-order valence-electron chi connectivity index (χ0n) is 21.6. The van der Waals surface area contributed by atoms with E-state index in [9.17, 15) is 23.8 Å². The van der Waals surface area contributed by atoms with Gasteiger partial charge < -0.3 is 25.3 Å². The van der Waals surface area contributed by atoms with Gasteiger partial charge in [-0.1, -0.05) is 0 Å². The van der Waals surface area contributed by atoms with Crippen molar-refractivity contribution in [3.05, 3.63) is 47.2 Å². The van der Waals surface area contributed by atoms with Gasteiger partial charge >= 0.3 is 0 Å². The number of aliphatic hydroxyl groups is 2. The maximum atomic E-state index is 13.7. The van der Waals surface area contributed by atoms with E-state index in [0.717, 1.165) is 37.2 Å². The van der Waals surface area contributed by atoms with E-state index >= 15 is 0 Å². The molecule has 5 rings (SSSR count). The van der Waals surface area contributed by atoms with Gasteiger partial charge in [-0.15, -0.1) is 0 Å². The van der Waals surface area contributed by atoms with Crippen LogP contribution in [0.4, 0.5) is 26.0 Å². The van der Waals surface area contributed by atoms with Crippen molar-refractivity contribution in [3.8, 4) is 0 Å². The number of amides is 1. The molecule has 1 aliphatic carbocycles. The highest BCUT2D eigenvalue weighted by molar-refractivity contribution is 6.07. The second kappa shape index (κ2) is 9.51. The van der Waals surface area contributed by atoms with Crippen LogP contribution in [0, 0.1) is 12.3 Å². The maximum absolute atomic E-state index is 13.7. The molecule has 1 spiro atoms. The molecule has 1 atom stereocenters. The standard InChI is InChI=1S/C28H36F2N4O3/c1-19-15-20(17-21(16-19)33-13-9-28(29,30)10-14-33)31-25(36)22-3-4-23(26(2,37)18-35)32-24(22)34-11-7-27(5-6-27)8-12-34/h3-4,15-17,35,37H,5-14,18H2,1-2H3,(H,31,36)/t26-/m1/s1. The van der Waals surface area contributed by atoms with Crippen molar-refractivity contribution >= 4 is 23.1 Å². The van der Waals surface area contributed by atoms with Crippen molar-refractivity contribution in [1.82, 2.24) is 4.98 Å². The lowest BCUT2D eigenvalue weighted by Gasteiger charge is -2.35. The molecule has 9 heteroatoms. The number of rotatable bonds is 6. The molecule has 1 amide bonds. The van der Waals surface area contributed by atoms with Gasteiger partial charge in [-0.05, 0) is 80.8 Å². The van der Waals surface area contributed by atoms with Crippen LogP contribution in [0.5, 0.6) is 0 Å². The van der Waals surface area contributed by atoms with Gasteiger partial charge in [0.15, 0.2) is 0 Å². The minimum Gasteiger partial charge on any atom is -0.393 e. The van der Waals surface area contributed by atoms with Crippen molar-refractivity contribution in [2.45, 2.75) is 63.9 Å². The number of benzene rings is 1. The zero-order chi connectivity index (χ0) is 26.4. The Bertz CT molecular complexity index is 1160. The van der Waals surface area contributed by atoms with Crippen molar-refractivity contribution in [3.63, 3.8) is 0 Å². The quantitative estimate of drug-likeness (QED) is 0.528. The predicted octanol–water partition coefficient (Wildman–Crippen LogP) is 4.46. The Morgan fingerprint density at radius 2 is 1.68 bits per heavy atom. The molecule has 7 nitrogen and oxygen atoms in total. The lowest BCUT2D eigenvalue weighted by Crippen LogP contribution is -2.39. The molecule has 1 aromatic heterocycles. The highest BCUT2D eigenvalue weighted by Crippen LogP contribution is 2.54. The van der Waals surface area contributed by atoms with Crippen LogP contribution in [0.3, 0.4) is 0 Å². The molecule has 3 aliphatic rings. The molecule has 3 N–H and O–H groups in total. The third-order valence-corrected chi connectivity index (χ3v) is 8.24. The molecule has 2 saturated heterocycles. The highest BCUT2D eigenvalue weighted by Gasteiger charge is 2.45. The van der Waals surface area contributed by atoms with E-state index in [-0.39, 0.29) is 31.8 Å². The number of pyridine rings is 1.